The lowest BCUT2D eigenvalue weighted by molar-refractivity contribution is 0.954. The van der Waals surface area contributed by atoms with Crippen LogP contribution in [-0.2, 0) is 0 Å². The Morgan fingerprint density at radius 3 is 2.40 bits per heavy atom. The van der Waals surface area contributed by atoms with Gasteiger partial charge in [-0.2, -0.15) is 0 Å². The first-order chi connectivity index (χ1) is 7.09. The monoisotopic (exact) mass is 226 g/mol. The Morgan fingerprint density at radius 1 is 1.20 bits per heavy atom. The molecule has 15 heavy (non-hydrogen) atoms. The summed E-state index contributed by atoms with van der Waals surface area (Å²) in [6, 6.07) is 4.55. The third-order valence-electron chi connectivity index (χ3n) is 1.92. The van der Waals surface area contributed by atoms with E-state index >= 15 is 0 Å². The highest BCUT2D eigenvalue weighted by molar-refractivity contribution is 6.30. The van der Waals surface area contributed by atoms with Crippen LogP contribution in [0.5, 0.6) is 0 Å². The summed E-state index contributed by atoms with van der Waals surface area (Å²) in [6.45, 7) is 0. The van der Waals surface area contributed by atoms with E-state index < -0.39 is 11.4 Å². The highest BCUT2D eigenvalue weighted by Gasteiger charge is 2.09. The van der Waals surface area contributed by atoms with Crippen molar-refractivity contribution in [2.24, 2.45) is 0 Å². The topological polar surface area (TPSA) is 96.7 Å². The molecule has 78 valence electrons. The number of benzene rings is 1. The van der Waals surface area contributed by atoms with Crippen LogP contribution >= 0.6 is 11.6 Å². The Kier molecular flexibility index (Phi) is 2.12. The van der Waals surface area contributed by atoms with Gasteiger partial charge in [-0.05, 0) is 18.2 Å². The maximum Gasteiger partial charge on any atom is 0.349 e. The Hall–Kier alpha value is -1.95. The number of hydrogen-bond donors (Lipinski definition) is 3. The molecule has 0 saturated carbocycles. The van der Waals surface area contributed by atoms with E-state index in [0.717, 1.165) is 4.57 Å². The summed E-state index contributed by atoms with van der Waals surface area (Å²) in [5.74, 6) is 0. The molecular weight excluding hydrogens is 220 g/mol. The fourth-order valence-electron chi connectivity index (χ4n) is 1.24. The number of anilines is 1. The van der Waals surface area contributed by atoms with Crippen molar-refractivity contribution >= 4 is 17.3 Å². The molecule has 1 aromatic carbocycles. The zero-order chi connectivity index (χ0) is 11.0. The predicted octanol–water partition coefficient (Wildman–Crippen LogP) is 0.0895. The molecular formula is C8H7ClN4O2. The first kappa shape index (κ1) is 9.60. The van der Waals surface area contributed by atoms with Gasteiger partial charge in [0.05, 0.1) is 11.4 Å². The van der Waals surface area contributed by atoms with Gasteiger partial charge in [-0.3, -0.25) is 0 Å². The lowest BCUT2D eigenvalue weighted by Crippen LogP contribution is -2.25. The van der Waals surface area contributed by atoms with Gasteiger partial charge in [-0.1, -0.05) is 11.6 Å². The number of halogens is 1. The van der Waals surface area contributed by atoms with E-state index in [2.05, 4.69) is 10.2 Å². The zero-order valence-corrected chi connectivity index (χ0v) is 8.21. The van der Waals surface area contributed by atoms with E-state index in [0.29, 0.717) is 10.7 Å². The van der Waals surface area contributed by atoms with Crippen molar-refractivity contribution in [3.63, 3.8) is 0 Å². The van der Waals surface area contributed by atoms with Crippen LogP contribution in [0.15, 0.2) is 27.8 Å². The van der Waals surface area contributed by atoms with Crippen LogP contribution in [0, 0.1) is 0 Å². The van der Waals surface area contributed by atoms with Gasteiger partial charge in [0.1, 0.15) is 0 Å². The number of aromatic amines is 2. The van der Waals surface area contributed by atoms with Crippen molar-refractivity contribution in [1.82, 2.24) is 14.8 Å². The van der Waals surface area contributed by atoms with Crippen LogP contribution in [0.2, 0.25) is 5.02 Å². The second kappa shape index (κ2) is 3.32. The molecule has 7 heteroatoms. The van der Waals surface area contributed by atoms with E-state index in [4.69, 9.17) is 17.3 Å². The van der Waals surface area contributed by atoms with Crippen molar-refractivity contribution in [2.45, 2.75) is 0 Å². The predicted molar refractivity (Wildman–Crippen MR) is 56.4 cm³/mol. The maximum atomic E-state index is 11.3. The SMILES string of the molecule is Nc1ccc(Cl)cc1-n1c(=O)[nH][nH]c1=O. The smallest absolute Gasteiger partial charge is 0.349 e. The van der Waals surface area contributed by atoms with Gasteiger partial charge in [-0.15, -0.1) is 0 Å². The van der Waals surface area contributed by atoms with Crippen LogP contribution < -0.4 is 17.1 Å². The van der Waals surface area contributed by atoms with Gasteiger partial charge >= 0.3 is 11.4 Å². The molecule has 0 amide bonds. The molecule has 0 spiro atoms. The Balaban J connectivity index is 2.79. The molecule has 0 aliphatic rings. The average molecular weight is 227 g/mol. The van der Waals surface area contributed by atoms with Crippen LogP contribution in [0.3, 0.4) is 0 Å². The van der Waals surface area contributed by atoms with Crippen molar-refractivity contribution in [2.75, 3.05) is 5.73 Å². The molecule has 0 atom stereocenters. The fraction of sp³-hybridized carbons (Fsp3) is 0. The van der Waals surface area contributed by atoms with Crippen LogP contribution in [0.25, 0.3) is 5.69 Å². The Labute approximate surface area is 88.3 Å². The fourth-order valence-corrected chi connectivity index (χ4v) is 1.41. The molecule has 2 rings (SSSR count). The van der Waals surface area contributed by atoms with Gasteiger partial charge < -0.3 is 5.73 Å². The van der Waals surface area contributed by atoms with E-state index in [9.17, 15) is 9.59 Å². The molecule has 0 fully saturated rings. The van der Waals surface area contributed by atoms with Gasteiger partial charge in [0, 0.05) is 5.02 Å². The minimum absolute atomic E-state index is 0.259. The number of nitrogens with two attached hydrogens (primary N) is 1. The average Bonchev–Trinajstić information content (AvgIpc) is 2.51. The third-order valence-corrected chi connectivity index (χ3v) is 2.15. The third kappa shape index (κ3) is 1.55. The second-order valence-corrected chi connectivity index (χ2v) is 3.34. The summed E-state index contributed by atoms with van der Waals surface area (Å²) in [5, 5.41) is 4.70. The quantitative estimate of drug-likeness (QED) is 0.601. The lowest BCUT2D eigenvalue weighted by atomic mass is 10.2. The molecule has 0 saturated heterocycles. The molecule has 0 bridgehead atoms. The number of nitrogens with one attached hydrogen (secondary N) is 2. The molecule has 1 heterocycles. The zero-order valence-electron chi connectivity index (χ0n) is 7.45. The van der Waals surface area contributed by atoms with Crippen LogP contribution in [0.4, 0.5) is 5.69 Å². The highest BCUT2D eigenvalue weighted by atomic mass is 35.5. The number of nitrogen functional groups attached to an aromatic ring is 1. The molecule has 0 aliphatic carbocycles. The number of hydrogen-bond acceptors (Lipinski definition) is 3. The summed E-state index contributed by atoms with van der Waals surface area (Å²) >= 11 is 5.75. The first-order valence-electron chi connectivity index (χ1n) is 4.04. The minimum Gasteiger partial charge on any atom is -0.397 e. The highest BCUT2D eigenvalue weighted by Crippen LogP contribution is 2.19. The largest absolute Gasteiger partial charge is 0.397 e. The molecule has 1 aromatic heterocycles. The number of H-pyrrole nitrogens is 2. The molecule has 2 aromatic rings. The van der Waals surface area contributed by atoms with Gasteiger partial charge in [0.15, 0.2) is 0 Å². The Morgan fingerprint density at radius 2 is 1.80 bits per heavy atom. The van der Waals surface area contributed by atoms with E-state index in [1.807, 2.05) is 0 Å². The van der Waals surface area contributed by atoms with Gasteiger partial charge in [-0.25, -0.2) is 24.4 Å². The molecule has 0 radical (unpaired) electrons. The normalized spacial score (nSPS) is 10.5. The van der Waals surface area contributed by atoms with Crippen molar-refractivity contribution in [3.05, 3.63) is 44.2 Å². The summed E-state index contributed by atoms with van der Waals surface area (Å²) in [6.07, 6.45) is 0. The number of aromatic nitrogens is 3. The van der Waals surface area contributed by atoms with Gasteiger partial charge in [0.2, 0.25) is 0 Å². The van der Waals surface area contributed by atoms with E-state index in [-0.39, 0.29) is 5.69 Å². The molecule has 4 N–H and O–H groups in total. The Bertz CT molecular complexity index is 582. The number of rotatable bonds is 1. The first-order valence-corrected chi connectivity index (χ1v) is 4.42. The molecule has 6 nitrogen and oxygen atoms in total. The van der Waals surface area contributed by atoms with E-state index in [1.54, 1.807) is 6.07 Å². The van der Waals surface area contributed by atoms with Crippen LogP contribution in [-0.4, -0.2) is 14.8 Å². The minimum atomic E-state index is -0.589. The summed E-state index contributed by atoms with van der Waals surface area (Å²) < 4.78 is 0.876. The summed E-state index contributed by atoms with van der Waals surface area (Å²) in [4.78, 5) is 22.6. The van der Waals surface area contributed by atoms with Crippen molar-refractivity contribution in [1.29, 1.82) is 0 Å². The maximum absolute atomic E-state index is 11.3. The number of nitrogens with zero attached hydrogens (tertiary/aromatic N) is 1. The summed E-state index contributed by atoms with van der Waals surface area (Å²) in [5.41, 5.74) is 5.01. The molecule has 0 unspecified atom stereocenters. The second-order valence-electron chi connectivity index (χ2n) is 2.90. The van der Waals surface area contributed by atoms with E-state index in [1.165, 1.54) is 12.1 Å². The molecule has 0 aliphatic heterocycles. The summed E-state index contributed by atoms with van der Waals surface area (Å²) in [7, 11) is 0. The standard InChI is InChI=1S/C8H7ClN4O2/c9-4-1-2-5(10)6(3-4)13-7(14)11-12-8(13)15/h1-3H,10H2,(H,11,14)(H,12,15). The lowest BCUT2D eigenvalue weighted by Gasteiger charge is -2.03. The van der Waals surface area contributed by atoms with Crippen molar-refractivity contribution < 1.29 is 0 Å². The van der Waals surface area contributed by atoms with Crippen LogP contribution in [0.1, 0.15) is 0 Å². The van der Waals surface area contributed by atoms with Gasteiger partial charge in [0.25, 0.3) is 0 Å². The van der Waals surface area contributed by atoms with Crippen molar-refractivity contribution in [3.8, 4) is 5.69 Å².